The van der Waals surface area contributed by atoms with Gasteiger partial charge in [0, 0.05) is 12.1 Å². The van der Waals surface area contributed by atoms with Gasteiger partial charge in [0.15, 0.2) is 0 Å². The van der Waals surface area contributed by atoms with Gasteiger partial charge in [-0.2, -0.15) is 0 Å². The highest BCUT2D eigenvalue weighted by Crippen LogP contribution is 2.08. The Morgan fingerprint density at radius 3 is 2.67 bits per heavy atom. The minimum absolute atomic E-state index is 0.129. The Morgan fingerprint density at radius 2 is 2.11 bits per heavy atom. The molecule has 0 aliphatic carbocycles. The smallest absolute Gasteiger partial charge is 0.246 e. The van der Waals surface area contributed by atoms with E-state index in [1.807, 2.05) is 24.3 Å². The zero-order valence-electron chi connectivity index (χ0n) is 10.1. The summed E-state index contributed by atoms with van der Waals surface area (Å²) in [5, 5.41) is 10.4. The van der Waals surface area contributed by atoms with Crippen molar-refractivity contribution in [2.24, 2.45) is 0 Å². The van der Waals surface area contributed by atoms with Crippen molar-refractivity contribution in [3.8, 4) is 5.69 Å². The fraction of sp³-hybridized carbons (Fsp3) is 0.154. The standard InChI is InChI=1S/C13H14N4O/c1-10(2)13(18)14-9-11-3-5-12(6-4-11)17-8-7-15-16-17/h3-8H,1,9H2,2H3,(H,14,18). The summed E-state index contributed by atoms with van der Waals surface area (Å²) in [6.07, 6.45) is 3.40. The van der Waals surface area contributed by atoms with E-state index in [1.165, 1.54) is 0 Å². The van der Waals surface area contributed by atoms with Crippen LogP contribution in [0.25, 0.3) is 5.69 Å². The summed E-state index contributed by atoms with van der Waals surface area (Å²) >= 11 is 0. The van der Waals surface area contributed by atoms with Crippen molar-refractivity contribution in [1.29, 1.82) is 0 Å². The molecule has 0 bridgehead atoms. The minimum atomic E-state index is -0.129. The van der Waals surface area contributed by atoms with Gasteiger partial charge in [0.25, 0.3) is 0 Å². The zero-order valence-corrected chi connectivity index (χ0v) is 10.1. The first-order chi connectivity index (χ1) is 8.66. The molecule has 5 nitrogen and oxygen atoms in total. The van der Waals surface area contributed by atoms with Crippen LogP contribution in [0.4, 0.5) is 0 Å². The van der Waals surface area contributed by atoms with Gasteiger partial charge in [0.2, 0.25) is 5.91 Å². The predicted octanol–water partition coefficient (Wildman–Crippen LogP) is 1.46. The van der Waals surface area contributed by atoms with Gasteiger partial charge < -0.3 is 5.32 Å². The topological polar surface area (TPSA) is 59.8 Å². The van der Waals surface area contributed by atoms with Crippen LogP contribution in [0.15, 0.2) is 48.8 Å². The summed E-state index contributed by atoms with van der Waals surface area (Å²) < 4.78 is 1.68. The van der Waals surface area contributed by atoms with Crippen molar-refractivity contribution in [2.75, 3.05) is 0 Å². The molecular formula is C13H14N4O. The molecular weight excluding hydrogens is 228 g/mol. The van der Waals surface area contributed by atoms with Crippen molar-refractivity contribution in [3.63, 3.8) is 0 Å². The molecule has 18 heavy (non-hydrogen) atoms. The number of hydrogen-bond donors (Lipinski definition) is 1. The normalized spacial score (nSPS) is 10.1. The Labute approximate surface area is 105 Å². The van der Waals surface area contributed by atoms with Crippen LogP contribution in [-0.4, -0.2) is 20.9 Å². The zero-order chi connectivity index (χ0) is 13.0. The van der Waals surface area contributed by atoms with Crippen LogP contribution in [0.5, 0.6) is 0 Å². The quantitative estimate of drug-likeness (QED) is 0.826. The number of hydrogen-bond acceptors (Lipinski definition) is 3. The van der Waals surface area contributed by atoms with Crippen LogP contribution in [0.2, 0.25) is 0 Å². The van der Waals surface area contributed by atoms with Crippen molar-refractivity contribution in [1.82, 2.24) is 20.3 Å². The van der Waals surface area contributed by atoms with E-state index in [-0.39, 0.29) is 5.91 Å². The molecule has 0 atom stereocenters. The van der Waals surface area contributed by atoms with Crippen LogP contribution in [-0.2, 0) is 11.3 Å². The highest BCUT2D eigenvalue weighted by atomic mass is 16.1. The SMILES string of the molecule is C=C(C)C(=O)NCc1ccc(-n2ccnn2)cc1. The molecule has 0 aliphatic heterocycles. The molecule has 1 N–H and O–H groups in total. The summed E-state index contributed by atoms with van der Waals surface area (Å²) in [5.41, 5.74) is 2.46. The number of benzene rings is 1. The Morgan fingerprint density at radius 1 is 1.39 bits per heavy atom. The van der Waals surface area contributed by atoms with Crippen LogP contribution < -0.4 is 5.32 Å². The summed E-state index contributed by atoms with van der Waals surface area (Å²) in [6.45, 7) is 5.76. The molecule has 2 rings (SSSR count). The lowest BCUT2D eigenvalue weighted by atomic mass is 10.2. The monoisotopic (exact) mass is 242 g/mol. The maximum atomic E-state index is 11.3. The van der Waals surface area contributed by atoms with E-state index in [4.69, 9.17) is 0 Å². The van der Waals surface area contributed by atoms with Gasteiger partial charge in [-0.3, -0.25) is 4.79 Å². The lowest BCUT2D eigenvalue weighted by Gasteiger charge is -2.06. The van der Waals surface area contributed by atoms with Gasteiger partial charge >= 0.3 is 0 Å². The Kier molecular flexibility index (Phi) is 3.52. The summed E-state index contributed by atoms with van der Waals surface area (Å²) in [7, 11) is 0. The second kappa shape index (κ2) is 5.27. The lowest BCUT2D eigenvalue weighted by molar-refractivity contribution is -0.117. The minimum Gasteiger partial charge on any atom is -0.348 e. The van der Waals surface area contributed by atoms with Gasteiger partial charge in [0.1, 0.15) is 0 Å². The van der Waals surface area contributed by atoms with E-state index in [1.54, 1.807) is 24.0 Å². The molecule has 0 spiro atoms. The molecule has 5 heteroatoms. The van der Waals surface area contributed by atoms with Crippen molar-refractivity contribution in [3.05, 3.63) is 54.4 Å². The van der Waals surface area contributed by atoms with Crippen molar-refractivity contribution >= 4 is 5.91 Å². The van der Waals surface area contributed by atoms with Crippen molar-refractivity contribution < 1.29 is 4.79 Å². The molecule has 0 radical (unpaired) electrons. The maximum Gasteiger partial charge on any atom is 0.246 e. The fourth-order valence-electron chi connectivity index (χ4n) is 1.45. The molecule has 0 unspecified atom stereocenters. The van der Waals surface area contributed by atoms with Crippen LogP contribution in [0, 0.1) is 0 Å². The third kappa shape index (κ3) is 2.82. The number of nitrogens with one attached hydrogen (secondary N) is 1. The second-order valence-corrected chi connectivity index (χ2v) is 3.98. The number of amides is 1. The highest BCUT2D eigenvalue weighted by Gasteiger charge is 2.02. The largest absolute Gasteiger partial charge is 0.348 e. The molecule has 1 aromatic heterocycles. The summed E-state index contributed by atoms with van der Waals surface area (Å²) in [5.74, 6) is -0.129. The number of carbonyl (C=O) groups is 1. The fourth-order valence-corrected chi connectivity index (χ4v) is 1.45. The average Bonchev–Trinajstić information content (AvgIpc) is 2.90. The molecule has 0 fully saturated rings. The first-order valence-electron chi connectivity index (χ1n) is 5.56. The second-order valence-electron chi connectivity index (χ2n) is 3.98. The predicted molar refractivity (Wildman–Crippen MR) is 68.0 cm³/mol. The van der Waals surface area contributed by atoms with Gasteiger partial charge in [-0.1, -0.05) is 23.9 Å². The van der Waals surface area contributed by atoms with E-state index in [0.717, 1.165) is 11.3 Å². The Balaban J connectivity index is 2.00. The summed E-state index contributed by atoms with van der Waals surface area (Å²) in [6, 6.07) is 7.74. The molecule has 1 aromatic carbocycles. The van der Waals surface area contributed by atoms with Gasteiger partial charge in [0.05, 0.1) is 18.1 Å². The van der Waals surface area contributed by atoms with Gasteiger partial charge in [-0.05, 0) is 24.6 Å². The highest BCUT2D eigenvalue weighted by molar-refractivity contribution is 5.91. The third-order valence-corrected chi connectivity index (χ3v) is 2.46. The molecule has 92 valence electrons. The lowest BCUT2D eigenvalue weighted by Crippen LogP contribution is -2.22. The van der Waals surface area contributed by atoms with E-state index < -0.39 is 0 Å². The average molecular weight is 242 g/mol. The number of aromatic nitrogens is 3. The molecule has 0 saturated carbocycles. The number of nitrogens with zero attached hydrogens (tertiary/aromatic N) is 3. The molecule has 1 amide bonds. The third-order valence-electron chi connectivity index (χ3n) is 2.46. The summed E-state index contributed by atoms with van der Waals surface area (Å²) in [4.78, 5) is 11.3. The van der Waals surface area contributed by atoms with E-state index in [2.05, 4.69) is 22.2 Å². The first kappa shape index (κ1) is 12.0. The first-order valence-corrected chi connectivity index (χ1v) is 5.56. The number of rotatable bonds is 4. The van der Waals surface area contributed by atoms with Crippen LogP contribution >= 0.6 is 0 Å². The van der Waals surface area contributed by atoms with Crippen LogP contribution in [0.1, 0.15) is 12.5 Å². The van der Waals surface area contributed by atoms with Gasteiger partial charge in [-0.25, -0.2) is 4.68 Å². The molecule has 1 heterocycles. The molecule has 0 saturated heterocycles. The van der Waals surface area contributed by atoms with E-state index >= 15 is 0 Å². The maximum absolute atomic E-state index is 11.3. The van der Waals surface area contributed by atoms with Crippen molar-refractivity contribution in [2.45, 2.75) is 13.5 Å². The Hall–Kier alpha value is -2.43. The van der Waals surface area contributed by atoms with Gasteiger partial charge in [-0.15, -0.1) is 5.10 Å². The Bertz CT molecular complexity index is 543. The van der Waals surface area contributed by atoms with E-state index in [0.29, 0.717) is 12.1 Å². The van der Waals surface area contributed by atoms with Crippen LogP contribution in [0.3, 0.4) is 0 Å². The number of carbonyl (C=O) groups excluding carboxylic acids is 1. The van der Waals surface area contributed by atoms with E-state index in [9.17, 15) is 4.79 Å². The molecule has 0 aliphatic rings. The molecule has 2 aromatic rings.